The second-order valence-electron chi connectivity index (χ2n) is 7.95. The largest absolute Gasteiger partial charge is 0.468 e. The van der Waals surface area contributed by atoms with Gasteiger partial charge >= 0.3 is 6.18 Å². The van der Waals surface area contributed by atoms with Crippen molar-refractivity contribution in [2.24, 2.45) is 0 Å². The van der Waals surface area contributed by atoms with Crippen LogP contribution in [-0.2, 0) is 11.2 Å². The van der Waals surface area contributed by atoms with Crippen LogP contribution >= 0.6 is 0 Å². The number of amides is 1. The van der Waals surface area contributed by atoms with Crippen LogP contribution in [0.5, 0.6) is 5.88 Å². The molecule has 5 nitrogen and oxygen atoms in total. The third-order valence-electron chi connectivity index (χ3n) is 5.42. The molecule has 0 bridgehead atoms. The van der Waals surface area contributed by atoms with E-state index in [9.17, 15) is 18.0 Å². The maximum absolute atomic E-state index is 12.4. The number of aromatic nitrogens is 1. The first-order valence-corrected chi connectivity index (χ1v) is 10.1. The van der Waals surface area contributed by atoms with Gasteiger partial charge in [-0.1, -0.05) is 24.3 Å². The Labute approximate surface area is 173 Å². The van der Waals surface area contributed by atoms with Crippen molar-refractivity contribution in [1.29, 1.82) is 0 Å². The molecule has 1 amide bonds. The lowest BCUT2D eigenvalue weighted by Crippen LogP contribution is -2.38. The molecule has 8 heteroatoms. The second kappa shape index (κ2) is 8.53. The number of hydrogen-bond donors (Lipinski definition) is 1. The smallest absolute Gasteiger partial charge is 0.422 e. The predicted molar refractivity (Wildman–Crippen MR) is 107 cm³/mol. The lowest BCUT2D eigenvalue weighted by molar-refractivity contribution is -0.154. The van der Waals surface area contributed by atoms with Crippen molar-refractivity contribution in [1.82, 2.24) is 10.3 Å². The highest BCUT2D eigenvalue weighted by atomic mass is 19.4. The fourth-order valence-electron chi connectivity index (χ4n) is 3.70. The summed E-state index contributed by atoms with van der Waals surface area (Å²) in [6.07, 6.45) is 0.790. The predicted octanol–water partition coefficient (Wildman–Crippen LogP) is 3.84. The van der Waals surface area contributed by atoms with Crippen LogP contribution in [0.4, 0.5) is 18.9 Å². The number of carbonyl (C=O) groups excluding carboxylic acids is 1. The van der Waals surface area contributed by atoms with Gasteiger partial charge in [-0.15, -0.1) is 0 Å². The SMILES string of the molecule is O=C(Cc1ccc(C2CC2)cc1)NC1CCN(c2ccc(OCC(F)(F)F)nc2)C1. The van der Waals surface area contributed by atoms with Gasteiger partial charge in [0, 0.05) is 25.2 Å². The van der Waals surface area contributed by atoms with Crippen LogP contribution in [-0.4, -0.2) is 42.8 Å². The lowest BCUT2D eigenvalue weighted by Gasteiger charge is -2.19. The number of rotatable bonds is 7. The van der Waals surface area contributed by atoms with Crippen molar-refractivity contribution >= 4 is 11.6 Å². The molecular formula is C22H24F3N3O2. The molecule has 0 spiro atoms. The molecule has 1 saturated carbocycles. The highest BCUT2D eigenvalue weighted by Crippen LogP contribution is 2.39. The van der Waals surface area contributed by atoms with Gasteiger partial charge in [-0.3, -0.25) is 4.79 Å². The number of halogens is 3. The van der Waals surface area contributed by atoms with Crippen molar-refractivity contribution in [3.05, 3.63) is 53.7 Å². The molecule has 1 saturated heterocycles. The van der Waals surface area contributed by atoms with Crippen molar-refractivity contribution in [3.8, 4) is 5.88 Å². The van der Waals surface area contributed by atoms with Gasteiger partial charge in [-0.25, -0.2) is 4.98 Å². The standard InChI is InChI=1S/C22H24F3N3O2/c23-22(24,25)14-30-21-8-7-19(12-26-21)28-10-9-18(13-28)27-20(29)11-15-1-3-16(4-2-15)17-5-6-17/h1-4,7-8,12,17-18H,5-6,9-11,13-14H2,(H,27,29). The summed E-state index contributed by atoms with van der Waals surface area (Å²) in [7, 11) is 0. The molecule has 30 heavy (non-hydrogen) atoms. The average Bonchev–Trinajstić information content (AvgIpc) is 3.46. The van der Waals surface area contributed by atoms with Crippen molar-refractivity contribution in [2.45, 2.75) is 43.8 Å². The quantitative estimate of drug-likeness (QED) is 0.741. The maximum Gasteiger partial charge on any atom is 0.422 e. The zero-order valence-electron chi connectivity index (χ0n) is 16.5. The van der Waals surface area contributed by atoms with E-state index in [0.717, 1.165) is 24.2 Å². The van der Waals surface area contributed by atoms with Crippen LogP contribution in [0.1, 0.15) is 36.3 Å². The average molecular weight is 419 g/mol. The molecule has 2 aliphatic rings. The molecular weight excluding hydrogens is 395 g/mol. The molecule has 160 valence electrons. The van der Waals surface area contributed by atoms with Gasteiger partial charge in [0.2, 0.25) is 11.8 Å². The van der Waals surface area contributed by atoms with E-state index in [1.54, 1.807) is 6.07 Å². The summed E-state index contributed by atoms with van der Waals surface area (Å²) in [5.41, 5.74) is 3.15. The van der Waals surface area contributed by atoms with E-state index in [2.05, 4.69) is 32.1 Å². The number of ether oxygens (including phenoxy) is 1. The van der Waals surface area contributed by atoms with Crippen molar-refractivity contribution in [2.75, 3.05) is 24.6 Å². The minimum atomic E-state index is -4.39. The molecule has 1 unspecified atom stereocenters. The molecule has 1 aromatic carbocycles. The highest BCUT2D eigenvalue weighted by Gasteiger charge is 2.29. The minimum absolute atomic E-state index is 0.00459. The minimum Gasteiger partial charge on any atom is -0.468 e. The summed E-state index contributed by atoms with van der Waals surface area (Å²) in [5, 5.41) is 3.07. The van der Waals surface area contributed by atoms with E-state index in [1.165, 1.54) is 30.7 Å². The van der Waals surface area contributed by atoms with Crippen LogP contribution in [0.3, 0.4) is 0 Å². The van der Waals surface area contributed by atoms with E-state index >= 15 is 0 Å². The van der Waals surface area contributed by atoms with E-state index < -0.39 is 12.8 Å². The summed E-state index contributed by atoms with van der Waals surface area (Å²) >= 11 is 0. The van der Waals surface area contributed by atoms with E-state index in [0.29, 0.717) is 18.9 Å². The van der Waals surface area contributed by atoms with E-state index in [-0.39, 0.29) is 17.8 Å². The number of carbonyl (C=O) groups is 1. The van der Waals surface area contributed by atoms with Gasteiger partial charge in [0.25, 0.3) is 0 Å². The third kappa shape index (κ3) is 5.64. The fourth-order valence-corrected chi connectivity index (χ4v) is 3.70. The van der Waals surface area contributed by atoms with Gasteiger partial charge in [-0.2, -0.15) is 13.2 Å². The Balaban J connectivity index is 1.24. The number of anilines is 1. The number of benzene rings is 1. The van der Waals surface area contributed by atoms with E-state index in [4.69, 9.17) is 0 Å². The molecule has 2 heterocycles. The normalized spacial score (nSPS) is 19.0. The highest BCUT2D eigenvalue weighted by molar-refractivity contribution is 5.79. The number of alkyl halides is 3. The topological polar surface area (TPSA) is 54.5 Å². The number of nitrogens with zero attached hydrogens (tertiary/aromatic N) is 2. The summed E-state index contributed by atoms with van der Waals surface area (Å²) in [6, 6.07) is 11.4. The molecule has 2 aromatic rings. The Morgan fingerprint density at radius 1 is 1.13 bits per heavy atom. The van der Waals surface area contributed by atoms with Crippen molar-refractivity contribution in [3.63, 3.8) is 0 Å². The third-order valence-corrected chi connectivity index (χ3v) is 5.42. The van der Waals surface area contributed by atoms with Gasteiger partial charge in [0.1, 0.15) is 0 Å². The number of pyridine rings is 1. The van der Waals surface area contributed by atoms with Crippen LogP contribution < -0.4 is 15.0 Å². The molecule has 1 aliphatic carbocycles. The molecule has 1 N–H and O–H groups in total. The molecule has 1 aliphatic heterocycles. The Kier molecular flexibility index (Phi) is 5.83. The monoisotopic (exact) mass is 419 g/mol. The van der Waals surface area contributed by atoms with Crippen molar-refractivity contribution < 1.29 is 22.7 Å². The fraction of sp³-hybridized carbons (Fsp3) is 0.455. The lowest BCUT2D eigenvalue weighted by atomic mass is 10.1. The number of nitrogens with one attached hydrogen (secondary N) is 1. The van der Waals surface area contributed by atoms with Gasteiger partial charge in [-0.05, 0) is 42.4 Å². The van der Waals surface area contributed by atoms with Crippen LogP contribution in [0.25, 0.3) is 0 Å². The van der Waals surface area contributed by atoms with Crippen LogP contribution in [0.2, 0.25) is 0 Å². The summed E-state index contributed by atoms with van der Waals surface area (Å²) in [4.78, 5) is 18.4. The second-order valence-corrected chi connectivity index (χ2v) is 7.95. The zero-order chi connectivity index (χ0) is 21.1. The van der Waals surface area contributed by atoms with Gasteiger partial charge < -0.3 is 15.0 Å². The Morgan fingerprint density at radius 2 is 1.90 bits per heavy atom. The van der Waals surface area contributed by atoms with Crippen LogP contribution in [0, 0.1) is 0 Å². The molecule has 2 fully saturated rings. The van der Waals surface area contributed by atoms with Gasteiger partial charge in [0.15, 0.2) is 6.61 Å². The summed E-state index contributed by atoms with van der Waals surface area (Å²) in [5.74, 6) is 0.639. The summed E-state index contributed by atoms with van der Waals surface area (Å²) in [6.45, 7) is 0.0166. The first-order valence-electron chi connectivity index (χ1n) is 10.1. The zero-order valence-corrected chi connectivity index (χ0v) is 16.5. The number of hydrogen-bond acceptors (Lipinski definition) is 4. The Bertz CT molecular complexity index is 865. The Morgan fingerprint density at radius 3 is 2.53 bits per heavy atom. The molecule has 0 radical (unpaired) electrons. The molecule has 4 rings (SSSR count). The van der Waals surface area contributed by atoms with Crippen LogP contribution in [0.15, 0.2) is 42.6 Å². The first kappa shape index (κ1) is 20.5. The first-order chi connectivity index (χ1) is 14.4. The summed E-state index contributed by atoms with van der Waals surface area (Å²) < 4.78 is 41.3. The van der Waals surface area contributed by atoms with Gasteiger partial charge in [0.05, 0.1) is 18.3 Å². The van der Waals surface area contributed by atoms with E-state index in [1.807, 2.05) is 12.1 Å². The molecule has 1 atom stereocenters. The molecule has 1 aromatic heterocycles. The maximum atomic E-state index is 12.4. The Hall–Kier alpha value is -2.77.